The molecule has 1 fully saturated rings. The summed E-state index contributed by atoms with van der Waals surface area (Å²) >= 11 is 0.755. The Kier molecular flexibility index (Phi) is 6.31. The van der Waals surface area contributed by atoms with E-state index in [1.54, 1.807) is 0 Å². The van der Waals surface area contributed by atoms with Crippen molar-refractivity contribution >= 4 is 40.8 Å². The lowest BCUT2D eigenvalue weighted by Crippen LogP contribution is -2.49. The van der Waals surface area contributed by atoms with Gasteiger partial charge in [-0.2, -0.15) is 0 Å². The molecule has 5 N–H and O–H groups in total. The fraction of sp³-hybridized carbons (Fsp3) is 0.545. The van der Waals surface area contributed by atoms with E-state index in [9.17, 15) is 24.0 Å². The fourth-order valence-corrected chi connectivity index (χ4v) is 2.66. The number of hydrogen-bond donors (Lipinski definition) is 4. The van der Waals surface area contributed by atoms with Crippen LogP contribution in [0.15, 0.2) is 0 Å². The molecule has 1 saturated heterocycles. The summed E-state index contributed by atoms with van der Waals surface area (Å²) in [6, 6.07) is -2.35. The zero-order valence-corrected chi connectivity index (χ0v) is 12.2. The van der Waals surface area contributed by atoms with Gasteiger partial charge in [-0.15, -0.1) is 0 Å². The zero-order valence-electron chi connectivity index (χ0n) is 11.4. The molecule has 10 nitrogen and oxygen atoms in total. The van der Waals surface area contributed by atoms with Crippen molar-refractivity contribution in [3.8, 4) is 0 Å². The molecular formula is C11H15N3O7S. The minimum Gasteiger partial charge on any atom is -0.480 e. The molecular weight excluding hydrogens is 318 g/mol. The predicted molar refractivity (Wildman–Crippen MR) is 74.0 cm³/mol. The highest BCUT2D eigenvalue weighted by molar-refractivity contribution is 8.14. The standard InChI is InChI=1S/C11H15N3O7S/c12-5(10(19)20)1-2-7(15)14-6(4-22-11(14)21)9(18)13-3-8(16)17/h5-6H,1-4,12H2,(H,13,18)(H,16,17)(H,19,20)/t5-,6-/m0/s1. The number of imide groups is 1. The number of nitrogens with zero attached hydrogens (tertiary/aromatic N) is 1. The summed E-state index contributed by atoms with van der Waals surface area (Å²) in [5.74, 6) is -3.99. The van der Waals surface area contributed by atoms with Crippen LogP contribution in [0, 0.1) is 0 Å². The van der Waals surface area contributed by atoms with E-state index >= 15 is 0 Å². The second-order valence-electron chi connectivity index (χ2n) is 4.45. The Hall–Kier alpha value is -2.14. The van der Waals surface area contributed by atoms with E-state index in [0.717, 1.165) is 16.7 Å². The summed E-state index contributed by atoms with van der Waals surface area (Å²) < 4.78 is 0. The normalized spacial score (nSPS) is 18.9. The molecule has 22 heavy (non-hydrogen) atoms. The Morgan fingerprint density at radius 1 is 1.36 bits per heavy atom. The van der Waals surface area contributed by atoms with Gasteiger partial charge in [-0.05, 0) is 6.42 Å². The molecule has 0 aromatic heterocycles. The SMILES string of the molecule is N[C@@H](CCC(=O)N1C(=O)SC[C@H]1C(=O)NCC(=O)O)C(=O)O. The number of rotatable bonds is 7. The Balaban J connectivity index is 2.66. The lowest BCUT2D eigenvalue weighted by atomic mass is 10.1. The predicted octanol–water partition coefficient (Wildman–Crippen LogP) is -1.56. The Morgan fingerprint density at radius 2 is 2.00 bits per heavy atom. The first-order chi connectivity index (χ1) is 10.2. The third-order valence-electron chi connectivity index (χ3n) is 2.84. The molecule has 1 rings (SSSR count). The maximum absolute atomic E-state index is 12.0. The second kappa shape index (κ2) is 7.75. The number of nitrogens with two attached hydrogens (primary N) is 1. The van der Waals surface area contributed by atoms with E-state index in [4.69, 9.17) is 15.9 Å². The third kappa shape index (κ3) is 4.70. The molecule has 0 spiro atoms. The minimum atomic E-state index is -1.27. The van der Waals surface area contributed by atoms with Crippen LogP contribution in [-0.2, 0) is 19.2 Å². The van der Waals surface area contributed by atoms with E-state index in [1.165, 1.54) is 0 Å². The summed E-state index contributed by atoms with van der Waals surface area (Å²) in [6.07, 6.45) is -0.478. The van der Waals surface area contributed by atoms with Crippen LogP contribution in [0.1, 0.15) is 12.8 Å². The molecule has 1 aliphatic rings. The van der Waals surface area contributed by atoms with Crippen molar-refractivity contribution in [2.24, 2.45) is 5.73 Å². The van der Waals surface area contributed by atoms with Gasteiger partial charge in [0.15, 0.2) is 0 Å². The summed E-state index contributed by atoms with van der Waals surface area (Å²) in [5.41, 5.74) is 5.27. The minimum absolute atomic E-state index is 0.0149. The summed E-state index contributed by atoms with van der Waals surface area (Å²) in [4.78, 5) is 57.2. The number of carbonyl (C=O) groups is 5. The Bertz CT molecular complexity index is 510. The van der Waals surface area contributed by atoms with Gasteiger partial charge in [0.25, 0.3) is 5.24 Å². The average Bonchev–Trinajstić information content (AvgIpc) is 2.83. The lowest BCUT2D eigenvalue weighted by Gasteiger charge is -2.21. The molecule has 0 unspecified atom stereocenters. The zero-order chi connectivity index (χ0) is 16.9. The van der Waals surface area contributed by atoms with Gasteiger partial charge >= 0.3 is 11.9 Å². The van der Waals surface area contributed by atoms with Crippen LogP contribution < -0.4 is 11.1 Å². The van der Waals surface area contributed by atoms with Crippen LogP contribution >= 0.6 is 11.8 Å². The summed E-state index contributed by atoms with van der Waals surface area (Å²) in [7, 11) is 0. The maximum atomic E-state index is 12.0. The third-order valence-corrected chi connectivity index (χ3v) is 3.77. The summed E-state index contributed by atoms with van der Waals surface area (Å²) in [5, 5.41) is 18.6. The number of carboxylic acids is 2. The molecule has 0 saturated carbocycles. The molecule has 1 aliphatic heterocycles. The van der Waals surface area contributed by atoms with Gasteiger partial charge in [-0.25, -0.2) is 0 Å². The highest BCUT2D eigenvalue weighted by Gasteiger charge is 2.40. The van der Waals surface area contributed by atoms with Crippen LogP contribution in [0.2, 0.25) is 0 Å². The molecule has 0 aromatic carbocycles. The van der Waals surface area contributed by atoms with Gasteiger partial charge in [-0.1, -0.05) is 11.8 Å². The van der Waals surface area contributed by atoms with Crippen molar-refractivity contribution in [2.45, 2.75) is 24.9 Å². The average molecular weight is 333 g/mol. The number of amides is 3. The topological polar surface area (TPSA) is 167 Å². The van der Waals surface area contributed by atoms with E-state index in [-0.39, 0.29) is 18.6 Å². The molecule has 1 heterocycles. The summed E-state index contributed by atoms with van der Waals surface area (Å²) in [6.45, 7) is -0.625. The van der Waals surface area contributed by atoms with Gasteiger partial charge in [0.05, 0.1) is 0 Å². The second-order valence-corrected chi connectivity index (χ2v) is 5.42. The quantitative estimate of drug-likeness (QED) is 0.431. The fourth-order valence-electron chi connectivity index (χ4n) is 1.69. The van der Waals surface area contributed by atoms with Crippen molar-refractivity contribution in [2.75, 3.05) is 12.3 Å². The Morgan fingerprint density at radius 3 is 2.55 bits per heavy atom. The lowest BCUT2D eigenvalue weighted by molar-refractivity contribution is -0.139. The number of carbonyl (C=O) groups excluding carboxylic acids is 3. The van der Waals surface area contributed by atoms with Gasteiger partial charge in [-0.3, -0.25) is 28.9 Å². The van der Waals surface area contributed by atoms with Crippen molar-refractivity contribution in [3.05, 3.63) is 0 Å². The highest BCUT2D eigenvalue weighted by Crippen LogP contribution is 2.25. The van der Waals surface area contributed by atoms with E-state index in [0.29, 0.717) is 0 Å². The van der Waals surface area contributed by atoms with E-state index in [2.05, 4.69) is 5.32 Å². The first-order valence-corrected chi connectivity index (χ1v) is 7.19. The first-order valence-electron chi connectivity index (χ1n) is 6.20. The number of hydrogen-bond acceptors (Lipinski definition) is 7. The monoisotopic (exact) mass is 333 g/mol. The number of carboxylic acid groups (broad SMARTS) is 2. The van der Waals surface area contributed by atoms with Crippen LogP contribution in [0.25, 0.3) is 0 Å². The number of nitrogens with one attached hydrogen (secondary N) is 1. The van der Waals surface area contributed by atoms with Crippen molar-refractivity contribution < 1.29 is 34.2 Å². The largest absolute Gasteiger partial charge is 0.480 e. The highest BCUT2D eigenvalue weighted by atomic mass is 32.2. The molecule has 2 atom stereocenters. The van der Waals surface area contributed by atoms with Gasteiger partial charge in [0.1, 0.15) is 18.6 Å². The van der Waals surface area contributed by atoms with Crippen LogP contribution in [0.3, 0.4) is 0 Å². The molecule has 0 bridgehead atoms. The van der Waals surface area contributed by atoms with Gasteiger partial charge in [0.2, 0.25) is 11.8 Å². The van der Waals surface area contributed by atoms with E-state index < -0.39 is 47.6 Å². The first kappa shape index (κ1) is 17.9. The smallest absolute Gasteiger partial charge is 0.322 e. The maximum Gasteiger partial charge on any atom is 0.322 e. The van der Waals surface area contributed by atoms with Crippen LogP contribution in [-0.4, -0.2) is 68.5 Å². The van der Waals surface area contributed by atoms with Crippen LogP contribution in [0.5, 0.6) is 0 Å². The van der Waals surface area contributed by atoms with E-state index in [1.807, 2.05) is 0 Å². The number of aliphatic carboxylic acids is 2. The van der Waals surface area contributed by atoms with Gasteiger partial charge in [0, 0.05) is 12.2 Å². The van der Waals surface area contributed by atoms with Gasteiger partial charge < -0.3 is 21.3 Å². The van der Waals surface area contributed by atoms with Crippen LogP contribution in [0.4, 0.5) is 4.79 Å². The van der Waals surface area contributed by atoms with Crippen molar-refractivity contribution in [3.63, 3.8) is 0 Å². The molecule has 11 heteroatoms. The van der Waals surface area contributed by atoms with Crippen molar-refractivity contribution in [1.82, 2.24) is 10.2 Å². The number of thioether (sulfide) groups is 1. The molecule has 122 valence electrons. The molecule has 0 radical (unpaired) electrons. The molecule has 0 aliphatic carbocycles. The molecule has 0 aromatic rings. The molecule has 3 amide bonds. The van der Waals surface area contributed by atoms with Crippen molar-refractivity contribution in [1.29, 1.82) is 0 Å². The Labute approximate surface area is 129 Å².